The molecule has 2 aliphatic carbocycles. The zero-order valence-electron chi connectivity index (χ0n) is 32.0. The van der Waals surface area contributed by atoms with E-state index in [1.54, 1.807) is 0 Å². The van der Waals surface area contributed by atoms with Crippen molar-refractivity contribution in [2.75, 3.05) is 4.90 Å². The highest BCUT2D eigenvalue weighted by Crippen LogP contribution is 2.64. The van der Waals surface area contributed by atoms with Gasteiger partial charge in [0.15, 0.2) is 0 Å². The number of anilines is 3. The van der Waals surface area contributed by atoms with Gasteiger partial charge in [-0.1, -0.05) is 163 Å². The molecule has 276 valence electrons. The molecule has 0 fully saturated rings. The second-order valence-electron chi connectivity index (χ2n) is 15.9. The summed E-state index contributed by atoms with van der Waals surface area (Å²) in [6.07, 6.45) is 0. The fourth-order valence-corrected chi connectivity index (χ4v) is 12.2. The van der Waals surface area contributed by atoms with Crippen LogP contribution >= 0.6 is 11.8 Å². The molecule has 0 bridgehead atoms. The van der Waals surface area contributed by atoms with Crippen molar-refractivity contribution in [1.82, 2.24) is 0 Å². The second kappa shape index (κ2) is 12.2. The molecule has 0 saturated carbocycles. The van der Waals surface area contributed by atoms with Crippen LogP contribution in [0.5, 0.6) is 11.5 Å². The highest BCUT2D eigenvalue weighted by Gasteiger charge is 2.52. The first kappa shape index (κ1) is 33.0. The first-order valence-corrected chi connectivity index (χ1v) is 21.2. The average Bonchev–Trinajstić information content (AvgIpc) is 3.76. The van der Waals surface area contributed by atoms with Gasteiger partial charge in [-0.05, 0) is 116 Å². The molecular weight excluding hydrogens is 735 g/mol. The second-order valence-corrected chi connectivity index (χ2v) is 17.0. The molecule has 3 heteroatoms. The molecule has 2 nitrogen and oxygen atoms in total. The van der Waals surface area contributed by atoms with Crippen molar-refractivity contribution in [3.05, 3.63) is 257 Å². The Morgan fingerprint density at radius 3 is 1.34 bits per heavy atom. The fourth-order valence-electron chi connectivity index (χ4n) is 11.0. The number of para-hydroxylation sites is 2. The van der Waals surface area contributed by atoms with E-state index in [1.807, 2.05) is 11.8 Å². The lowest BCUT2D eigenvalue weighted by Gasteiger charge is -2.41. The van der Waals surface area contributed by atoms with E-state index in [9.17, 15) is 0 Å². The van der Waals surface area contributed by atoms with E-state index in [4.69, 9.17) is 4.74 Å². The van der Waals surface area contributed by atoms with Gasteiger partial charge < -0.3 is 9.64 Å². The van der Waals surface area contributed by atoms with Crippen molar-refractivity contribution < 1.29 is 4.74 Å². The van der Waals surface area contributed by atoms with Gasteiger partial charge in [-0.25, -0.2) is 0 Å². The minimum absolute atomic E-state index is 0.475. The number of hydrogen-bond acceptors (Lipinski definition) is 3. The summed E-state index contributed by atoms with van der Waals surface area (Å²) in [7, 11) is 0. The lowest BCUT2D eigenvalue weighted by Crippen LogP contribution is -2.32. The van der Waals surface area contributed by atoms with Crippen LogP contribution in [0.25, 0.3) is 22.3 Å². The van der Waals surface area contributed by atoms with E-state index in [0.717, 1.165) is 34.1 Å². The van der Waals surface area contributed by atoms with E-state index >= 15 is 0 Å². The van der Waals surface area contributed by atoms with E-state index in [0.29, 0.717) is 0 Å². The molecule has 9 aromatic rings. The summed E-state index contributed by atoms with van der Waals surface area (Å²) in [6, 6.07) is 78.4. The molecule has 0 saturated heterocycles. The van der Waals surface area contributed by atoms with Crippen LogP contribution in [0.1, 0.15) is 44.5 Å². The van der Waals surface area contributed by atoms with Gasteiger partial charge in [-0.15, -0.1) is 0 Å². The predicted octanol–water partition coefficient (Wildman–Crippen LogP) is 14.5. The molecule has 59 heavy (non-hydrogen) atoms. The zero-order valence-corrected chi connectivity index (χ0v) is 32.8. The smallest absolute Gasteiger partial charge is 0.132 e. The third-order valence-corrected chi connectivity index (χ3v) is 14.3. The highest BCUT2D eigenvalue weighted by atomic mass is 32.2. The average molecular weight is 770 g/mol. The molecule has 0 N–H and O–H groups in total. The van der Waals surface area contributed by atoms with Crippen LogP contribution in [0.3, 0.4) is 0 Å². The van der Waals surface area contributed by atoms with Gasteiger partial charge in [0.05, 0.1) is 10.8 Å². The maximum atomic E-state index is 6.86. The Morgan fingerprint density at radius 1 is 0.305 bits per heavy atom. The normalized spacial score (nSPS) is 14.8. The van der Waals surface area contributed by atoms with Crippen LogP contribution < -0.4 is 9.64 Å². The third kappa shape index (κ3) is 4.27. The van der Waals surface area contributed by atoms with Crippen molar-refractivity contribution >= 4 is 28.8 Å². The monoisotopic (exact) mass is 769 g/mol. The van der Waals surface area contributed by atoms with Crippen molar-refractivity contribution in [1.29, 1.82) is 0 Å². The Bertz CT molecular complexity index is 2920. The number of hydrogen-bond donors (Lipinski definition) is 0. The van der Waals surface area contributed by atoms with Crippen LogP contribution in [0, 0.1) is 0 Å². The fraction of sp³-hybridized carbons (Fsp3) is 0.0357. The van der Waals surface area contributed by atoms with Crippen LogP contribution in [0.15, 0.2) is 222 Å². The first-order valence-electron chi connectivity index (χ1n) is 20.3. The molecule has 0 amide bonds. The van der Waals surface area contributed by atoms with Gasteiger partial charge in [-0.2, -0.15) is 0 Å². The Kier molecular flexibility index (Phi) is 6.83. The Balaban J connectivity index is 1.08. The largest absolute Gasteiger partial charge is 0.457 e. The zero-order chi connectivity index (χ0) is 38.7. The Morgan fingerprint density at radius 2 is 0.729 bits per heavy atom. The molecule has 2 spiro atoms. The minimum Gasteiger partial charge on any atom is -0.457 e. The van der Waals surface area contributed by atoms with Gasteiger partial charge in [0.1, 0.15) is 11.5 Å². The quantitative estimate of drug-likeness (QED) is 0.178. The van der Waals surface area contributed by atoms with Crippen molar-refractivity contribution in [2.24, 2.45) is 0 Å². The van der Waals surface area contributed by atoms with Crippen LogP contribution in [-0.2, 0) is 10.8 Å². The van der Waals surface area contributed by atoms with Crippen molar-refractivity contribution in [2.45, 2.75) is 20.6 Å². The molecule has 13 rings (SSSR count). The van der Waals surface area contributed by atoms with Crippen LogP contribution in [0.4, 0.5) is 17.1 Å². The summed E-state index contributed by atoms with van der Waals surface area (Å²) in [5.41, 5.74) is 17.6. The third-order valence-electron chi connectivity index (χ3n) is 13.2. The lowest BCUT2D eigenvalue weighted by atomic mass is 9.66. The molecule has 2 heterocycles. The van der Waals surface area contributed by atoms with E-state index in [1.165, 1.54) is 71.0 Å². The van der Waals surface area contributed by atoms with Gasteiger partial charge in [0, 0.05) is 38.0 Å². The first-order chi connectivity index (χ1) is 29.3. The van der Waals surface area contributed by atoms with Crippen molar-refractivity contribution in [3.8, 4) is 33.8 Å². The standard InChI is InChI=1S/C56H35NOS/c1-2-16-36(17-3-1)57(37-30-32-52-49(34-37)55(47-26-12-14-28-51(47)58-52)43-22-8-4-18-39(43)40-19-5-9-23-44(40)55)38-31-33-54-50(35-38)56(48-27-13-15-29-53(48)59-54)45-24-10-6-20-41(45)42-21-7-11-25-46(42)56/h1-35H. The molecule has 9 aromatic carbocycles. The van der Waals surface area contributed by atoms with E-state index in [-0.39, 0.29) is 0 Å². The summed E-state index contributed by atoms with van der Waals surface area (Å²) in [4.78, 5) is 5.02. The summed E-state index contributed by atoms with van der Waals surface area (Å²) >= 11 is 1.88. The molecular formula is C56H35NOS. The predicted molar refractivity (Wildman–Crippen MR) is 240 cm³/mol. The lowest BCUT2D eigenvalue weighted by molar-refractivity contribution is 0.436. The summed E-state index contributed by atoms with van der Waals surface area (Å²) in [5, 5.41) is 0. The Labute approximate surface area is 348 Å². The summed E-state index contributed by atoms with van der Waals surface area (Å²) in [6.45, 7) is 0. The van der Waals surface area contributed by atoms with Gasteiger partial charge in [-0.3, -0.25) is 0 Å². The molecule has 0 aromatic heterocycles. The number of rotatable bonds is 3. The summed E-state index contributed by atoms with van der Waals surface area (Å²) < 4.78 is 6.86. The molecule has 2 aliphatic heterocycles. The van der Waals surface area contributed by atoms with Crippen LogP contribution in [-0.4, -0.2) is 0 Å². The molecule has 4 aliphatic rings. The van der Waals surface area contributed by atoms with E-state index < -0.39 is 10.8 Å². The van der Waals surface area contributed by atoms with Crippen molar-refractivity contribution in [3.63, 3.8) is 0 Å². The van der Waals surface area contributed by atoms with E-state index in [2.05, 4.69) is 217 Å². The number of nitrogens with zero attached hydrogens (tertiary/aromatic N) is 1. The number of ether oxygens (including phenoxy) is 1. The van der Waals surface area contributed by atoms with Gasteiger partial charge >= 0.3 is 0 Å². The molecule has 0 atom stereocenters. The number of fused-ring (bicyclic) bond motifs is 18. The topological polar surface area (TPSA) is 12.5 Å². The summed E-state index contributed by atoms with van der Waals surface area (Å²) in [5.74, 6) is 1.78. The van der Waals surface area contributed by atoms with Crippen LogP contribution in [0.2, 0.25) is 0 Å². The van der Waals surface area contributed by atoms with Gasteiger partial charge in [0.25, 0.3) is 0 Å². The highest BCUT2D eigenvalue weighted by molar-refractivity contribution is 7.99. The number of benzene rings is 9. The molecule has 0 radical (unpaired) electrons. The maximum Gasteiger partial charge on any atom is 0.132 e. The minimum atomic E-state index is -0.562. The molecule has 0 unspecified atom stereocenters. The SMILES string of the molecule is c1ccc(N(c2ccc3c(c2)C2(c4ccccc4O3)c3ccccc3-c3ccccc32)c2ccc3c(c2)C2(c4ccccc4S3)c3ccccc3-c3ccccc32)cc1. The Hall–Kier alpha value is -7.07. The van der Waals surface area contributed by atoms with Gasteiger partial charge in [0.2, 0.25) is 0 Å². The maximum absolute atomic E-state index is 6.86.